The fourth-order valence-electron chi connectivity index (χ4n) is 1.74. The lowest BCUT2D eigenvalue weighted by atomic mass is 10.2. The molecule has 1 aromatic carbocycles. The summed E-state index contributed by atoms with van der Waals surface area (Å²) in [6.07, 6.45) is 1.44. The highest BCUT2D eigenvalue weighted by Gasteiger charge is 2.23. The maximum atomic E-state index is 11.8. The Balaban J connectivity index is 2.08. The summed E-state index contributed by atoms with van der Waals surface area (Å²) in [5.41, 5.74) is 1.64. The van der Waals surface area contributed by atoms with Crippen molar-refractivity contribution in [2.24, 2.45) is 0 Å². The average molecular weight is 240 g/mol. The summed E-state index contributed by atoms with van der Waals surface area (Å²) in [5.74, 6) is -0.0807. The van der Waals surface area contributed by atoms with E-state index in [2.05, 4.69) is 5.32 Å². The Bertz CT molecular complexity index is 400. The van der Waals surface area contributed by atoms with Crippen LogP contribution in [0.15, 0.2) is 18.2 Å². The average Bonchev–Trinajstić information content (AvgIpc) is 2.78. The van der Waals surface area contributed by atoms with Crippen LogP contribution in [-0.4, -0.2) is 18.6 Å². The minimum Gasteiger partial charge on any atom is -0.368 e. The lowest BCUT2D eigenvalue weighted by Crippen LogP contribution is -2.27. The van der Waals surface area contributed by atoms with Crippen molar-refractivity contribution in [3.8, 4) is 0 Å². The molecule has 1 atom stereocenters. The molecule has 3 nitrogen and oxygen atoms in total. The van der Waals surface area contributed by atoms with Crippen molar-refractivity contribution in [2.45, 2.75) is 25.9 Å². The third-order valence-corrected chi connectivity index (χ3v) is 3.16. The molecule has 0 aromatic heterocycles. The van der Waals surface area contributed by atoms with Gasteiger partial charge in [0.15, 0.2) is 0 Å². The Morgan fingerprint density at radius 3 is 3.06 bits per heavy atom. The van der Waals surface area contributed by atoms with Gasteiger partial charge >= 0.3 is 0 Å². The molecule has 0 bridgehead atoms. The van der Waals surface area contributed by atoms with Crippen molar-refractivity contribution < 1.29 is 9.53 Å². The summed E-state index contributed by atoms with van der Waals surface area (Å²) in [6, 6.07) is 5.47. The van der Waals surface area contributed by atoms with Gasteiger partial charge in [-0.3, -0.25) is 4.79 Å². The Morgan fingerprint density at radius 2 is 2.38 bits per heavy atom. The van der Waals surface area contributed by atoms with Gasteiger partial charge in [-0.2, -0.15) is 0 Å². The van der Waals surface area contributed by atoms with Gasteiger partial charge in [0, 0.05) is 17.3 Å². The van der Waals surface area contributed by atoms with Crippen molar-refractivity contribution in [1.82, 2.24) is 0 Å². The molecule has 16 heavy (non-hydrogen) atoms. The predicted molar refractivity (Wildman–Crippen MR) is 63.8 cm³/mol. The van der Waals surface area contributed by atoms with E-state index in [0.717, 1.165) is 24.1 Å². The highest BCUT2D eigenvalue weighted by Crippen LogP contribution is 2.24. The fraction of sp³-hybridized carbons (Fsp3) is 0.417. The normalized spacial score (nSPS) is 19.8. The molecule has 0 radical (unpaired) electrons. The maximum absolute atomic E-state index is 11.8. The standard InChI is InChI=1S/C12H14ClNO2/c1-8-9(13)4-2-5-10(8)14-12(15)11-6-3-7-16-11/h2,4-5,11H,3,6-7H2,1H3,(H,14,15)/t11-/m1/s1. The summed E-state index contributed by atoms with van der Waals surface area (Å²) in [6.45, 7) is 2.56. The Hall–Kier alpha value is -1.06. The van der Waals surface area contributed by atoms with E-state index in [-0.39, 0.29) is 12.0 Å². The summed E-state index contributed by atoms with van der Waals surface area (Å²) < 4.78 is 5.31. The minimum atomic E-state index is -0.307. The molecule has 1 aliphatic heterocycles. The van der Waals surface area contributed by atoms with E-state index < -0.39 is 0 Å². The number of benzene rings is 1. The Labute approximate surface area is 99.7 Å². The molecule has 1 heterocycles. The summed E-state index contributed by atoms with van der Waals surface area (Å²) in [7, 11) is 0. The second-order valence-corrected chi connectivity index (χ2v) is 4.31. The Kier molecular flexibility index (Phi) is 3.46. The van der Waals surface area contributed by atoms with Crippen LogP contribution in [0.1, 0.15) is 18.4 Å². The van der Waals surface area contributed by atoms with Crippen LogP contribution in [0.3, 0.4) is 0 Å². The molecule has 0 saturated carbocycles. The van der Waals surface area contributed by atoms with Gasteiger partial charge in [-0.25, -0.2) is 0 Å². The second-order valence-electron chi connectivity index (χ2n) is 3.90. The van der Waals surface area contributed by atoms with E-state index in [1.54, 1.807) is 6.07 Å². The van der Waals surface area contributed by atoms with Crippen LogP contribution in [0.25, 0.3) is 0 Å². The first kappa shape index (κ1) is 11.4. The molecular weight excluding hydrogens is 226 g/mol. The quantitative estimate of drug-likeness (QED) is 0.862. The number of carbonyl (C=O) groups excluding carboxylic acids is 1. The zero-order chi connectivity index (χ0) is 11.5. The second kappa shape index (κ2) is 4.85. The van der Waals surface area contributed by atoms with Crippen molar-refractivity contribution in [3.63, 3.8) is 0 Å². The van der Waals surface area contributed by atoms with Gasteiger partial charge in [0.05, 0.1) is 0 Å². The SMILES string of the molecule is Cc1c(Cl)cccc1NC(=O)[C@H]1CCCO1. The number of ether oxygens (including phenoxy) is 1. The first-order chi connectivity index (χ1) is 7.68. The van der Waals surface area contributed by atoms with Crippen LogP contribution in [0.4, 0.5) is 5.69 Å². The summed E-state index contributed by atoms with van der Waals surface area (Å²) in [4.78, 5) is 11.8. The highest BCUT2D eigenvalue weighted by molar-refractivity contribution is 6.31. The van der Waals surface area contributed by atoms with Crippen LogP contribution < -0.4 is 5.32 Å². The monoisotopic (exact) mass is 239 g/mol. The number of halogens is 1. The molecule has 86 valence electrons. The Morgan fingerprint density at radius 1 is 1.56 bits per heavy atom. The van der Waals surface area contributed by atoms with Gasteiger partial charge in [0.25, 0.3) is 5.91 Å². The number of nitrogens with one attached hydrogen (secondary N) is 1. The highest BCUT2D eigenvalue weighted by atomic mass is 35.5. The maximum Gasteiger partial charge on any atom is 0.253 e. The fourth-order valence-corrected chi connectivity index (χ4v) is 1.92. The molecule has 0 spiro atoms. The van der Waals surface area contributed by atoms with E-state index in [1.165, 1.54) is 0 Å². The van der Waals surface area contributed by atoms with Crippen LogP contribution in [0.5, 0.6) is 0 Å². The van der Waals surface area contributed by atoms with E-state index in [4.69, 9.17) is 16.3 Å². The predicted octanol–water partition coefficient (Wildman–Crippen LogP) is 2.77. The van der Waals surface area contributed by atoms with Crippen molar-refractivity contribution >= 4 is 23.2 Å². The molecule has 1 aromatic rings. The van der Waals surface area contributed by atoms with Gasteiger partial charge in [0.2, 0.25) is 0 Å². The van der Waals surface area contributed by atoms with Crippen LogP contribution >= 0.6 is 11.6 Å². The van der Waals surface area contributed by atoms with Crippen molar-refractivity contribution in [2.75, 3.05) is 11.9 Å². The van der Waals surface area contributed by atoms with E-state index in [1.807, 2.05) is 19.1 Å². The van der Waals surface area contributed by atoms with Gasteiger partial charge in [-0.1, -0.05) is 17.7 Å². The third kappa shape index (κ3) is 2.36. The minimum absolute atomic E-state index is 0.0807. The zero-order valence-electron chi connectivity index (χ0n) is 9.13. The molecule has 1 aliphatic rings. The molecule has 1 fully saturated rings. The number of carbonyl (C=O) groups is 1. The first-order valence-corrected chi connectivity index (χ1v) is 5.74. The third-order valence-electron chi connectivity index (χ3n) is 2.75. The van der Waals surface area contributed by atoms with Crippen molar-refractivity contribution in [1.29, 1.82) is 0 Å². The topological polar surface area (TPSA) is 38.3 Å². The molecule has 0 aliphatic carbocycles. The van der Waals surface area contributed by atoms with Gasteiger partial charge in [-0.15, -0.1) is 0 Å². The van der Waals surface area contributed by atoms with E-state index in [0.29, 0.717) is 11.6 Å². The van der Waals surface area contributed by atoms with Gasteiger partial charge in [0.1, 0.15) is 6.10 Å². The molecule has 4 heteroatoms. The molecule has 0 unspecified atom stereocenters. The zero-order valence-corrected chi connectivity index (χ0v) is 9.88. The number of hydrogen-bond acceptors (Lipinski definition) is 2. The van der Waals surface area contributed by atoms with Crippen LogP contribution in [-0.2, 0) is 9.53 Å². The lowest BCUT2D eigenvalue weighted by molar-refractivity contribution is -0.124. The molecular formula is C12H14ClNO2. The van der Waals surface area contributed by atoms with Crippen LogP contribution in [0.2, 0.25) is 5.02 Å². The van der Waals surface area contributed by atoms with Crippen molar-refractivity contribution in [3.05, 3.63) is 28.8 Å². The largest absolute Gasteiger partial charge is 0.368 e. The van der Waals surface area contributed by atoms with Gasteiger partial charge < -0.3 is 10.1 Å². The summed E-state index contributed by atoms with van der Waals surface area (Å²) >= 11 is 5.97. The number of hydrogen-bond donors (Lipinski definition) is 1. The number of rotatable bonds is 2. The van der Waals surface area contributed by atoms with E-state index >= 15 is 0 Å². The van der Waals surface area contributed by atoms with E-state index in [9.17, 15) is 4.79 Å². The lowest BCUT2D eigenvalue weighted by Gasteiger charge is -2.12. The molecule has 1 saturated heterocycles. The van der Waals surface area contributed by atoms with Gasteiger partial charge in [-0.05, 0) is 37.5 Å². The smallest absolute Gasteiger partial charge is 0.253 e. The number of amides is 1. The number of anilines is 1. The molecule has 1 N–H and O–H groups in total. The van der Waals surface area contributed by atoms with Crippen LogP contribution in [0, 0.1) is 6.92 Å². The molecule has 1 amide bonds. The summed E-state index contributed by atoms with van der Waals surface area (Å²) in [5, 5.41) is 3.50. The first-order valence-electron chi connectivity index (χ1n) is 5.36. The molecule has 2 rings (SSSR count).